The molecule has 0 saturated carbocycles. The Balaban J connectivity index is 2.53. The third-order valence-corrected chi connectivity index (χ3v) is 2.52. The van der Waals surface area contributed by atoms with E-state index in [9.17, 15) is 4.79 Å². The summed E-state index contributed by atoms with van der Waals surface area (Å²) in [5, 5.41) is 0. The predicted molar refractivity (Wildman–Crippen MR) is 68.4 cm³/mol. The fourth-order valence-electron chi connectivity index (χ4n) is 1.61. The maximum Gasteiger partial charge on any atom is 0.251 e. The quantitative estimate of drug-likeness (QED) is 0.770. The van der Waals surface area contributed by atoms with Gasteiger partial charge in [-0.25, -0.2) is 5.48 Å². The van der Waals surface area contributed by atoms with Gasteiger partial charge in [0, 0.05) is 0 Å². The molecular weight excluding hydrogens is 214 g/mol. The van der Waals surface area contributed by atoms with Gasteiger partial charge < -0.3 is 0 Å². The molecule has 94 valence electrons. The Morgan fingerprint density at radius 2 is 1.94 bits per heavy atom. The van der Waals surface area contributed by atoms with Gasteiger partial charge in [-0.05, 0) is 17.9 Å². The first kappa shape index (κ1) is 13.7. The van der Waals surface area contributed by atoms with Gasteiger partial charge in [-0.1, -0.05) is 51.1 Å². The van der Waals surface area contributed by atoms with Gasteiger partial charge in [-0.2, -0.15) is 0 Å². The summed E-state index contributed by atoms with van der Waals surface area (Å²) in [6, 6.07) is 9.77. The van der Waals surface area contributed by atoms with Crippen LogP contribution in [0.5, 0.6) is 0 Å². The van der Waals surface area contributed by atoms with Crippen molar-refractivity contribution in [2.24, 2.45) is 5.92 Å². The summed E-state index contributed by atoms with van der Waals surface area (Å²) < 4.78 is 0. The van der Waals surface area contributed by atoms with Crippen molar-refractivity contribution in [3.63, 3.8) is 0 Å². The van der Waals surface area contributed by atoms with E-state index in [0.29, 0.717) is 12.5 Å². The Hall–Kier alpha value is -1.35. The fraction of sp³-hybridized carbons (Fsp3) is 0.500. The predicted octanol–water partition coefficient (Wildman–Crippen LogP) is 2.88. The molecule has 17 heavy (non-hydrogen) atoms. The number of hydrogen-bond donors (Lipinski definition) is 1. The Labute approximate surface area is 103 Å². The van der Waals surface area contributed by atoms with E-state index in [4.69, 9.17) is 4.84 Å². The molecule has 0 heterocycles. The zero-order chi connectivity index (χ0) is 12.7. The molecule has 1 N–H and O–H groups in total. The summed E-state index contributed by atoms with van der Waals surface area (Å²) in [6.45, 7) is 6.62. The van der Waals surface area contributed by atoms with Gasteiger partial charge in [0.1, 0.15) is 0 Å². The highest BCUT2D eigenvalue weighted by Crippen LogP contribution is 2.19. The second-order valence-electron chi connectivity index (χ2n) is 4.54. The fourth-order valence-corrected chi connectivity index (χ4v) is 1.61. The normalized spacial score (nSPS) is 12.5. The maximum absolute atomic E-state index is 11.9. The van der Waals surface area contributed by atoms with Crippen LogP contribution in [0, 0.1) is 5.92 Å². The van der Waals surface area contributed by atoms with Gasteiger partial charge in [0.2, 0.25) is 0 Å². The van der Waals surface area contributed by atoms with Gasteiger partial charge in [0.15, 0.2) is 0 Å². The molecule has 0 radical (unpaired) electrons. The van der Waals surface area contributed by atoms with E-state index in [1.165, 1.54) is 0 Å². The third-order valence-electron chi connectivity index (χ3n) is 2.52. The monoisotopic (exact) mass is 235 g/mol. The smallest absolute Gasteiger partial charge is 0.251 e. The molecule has 0 aliphatic heterocycles. The molecule has 1 atom stereocenters. The molecule has 0 aliphatic rings. The molecular formula is C14H21NO2. The minimum absolute atomic E-state index is 0.0700. The number of carbonyl (C=O) groups is 1. The first-order chi connectivity index (χ1) is 8.15. The summed E-state index contributed by atoms with van der Waals surface area (Å²) in [6.07, 6.45) is 0.765. The van der Waals surface area contributed by atoms with Crippen LogP contribution in [-0.2, 0) is 9.63 Å². The minimum atomic E-state index is -0.136. The molecule has 3 heteroatoms. The lowest BCUT2D eigenvalue weighted by atomic mass is 9.96. The maximum atomic E-state index is 11.9. The molecule has 1 rings (SSSR count). The average molecular weight is 235 g/mol. The van der Waals surface area contributed by atoms with Crippen molar-refractivity contribution in [3.05, 3.63) is 35.9 Å². The summed E-state index contributed by atoms with van der Waals surface area (Å²) in [5.41, 5.74) is 3.55. The van der Waals surface area contributed by atoms with Crippen LogP contribution in [0.4, 0.5) is 0 Å². The van der Waals surface area contributed by atoms with E-state index < -0.39 is 0 Å². The first-order valence-corrected chi connectivity index (χ1v) is 6.11. The molecule has 0 spiro atoms. The highest BCUT2D eigenvalue weighted by atomic mass is 16.6. The van der Waals surface area contributed by atoms with Gasteiger partial charge in [-0.15, -0.1) is 0 Å². The van der Waals surface area contributed by atoms with Crippen LogP contribution in [-0.4, -0.2) is 12.5 Å². The Morgan fingerprint density at radius 3 is 2.47 bits per heavy atom. The zero-order valence-corrected chi connectivity index (χ0v) is 10.8. The summed E-state index contributed by atoms with van der Waals surface area (Å²) in [7, 11) is 0. The molecule has 1 aromatic carbocycles. The Kier molecular flexibility index (Phi) is 5.70. The third kappa shape index (κ3) is 4.57. The van der Waals surface area contributed by atoms with Crippen molar-refractivity contribution in [2.45, 2.75) is 33.1 Å². The molecule has 0 bridgehead atoms. The number of rotatable bonds is 6. The SMILES string of the molecule is CCC(C(=O)NOCC(C)C)c1ccccc1. The Bertz CT molecular complexity index is 335. The minimum Gasteiger partial charge on any atom is -0.273 e. The summed E-state index contributed by atoms with van der Waals surface area (Å²) in [5.74, 6) is 0.204. The van der Waals surface area contributed by atoms with E-state index in [0.717, 1.165) is 12.0 Å². The van der Waals surface area contributed by atoms with Crippen LogP contribution in [0.25, 0.3) is 0 Å². The summed E-state index contributed by atoms with van der Waals surface area (Å²) >= 11 is 0. The topological polar surface area (TPSA) is 38.3 Å². The standard InChI is InChI=1S/C14H21NO2/c1-4-13(12-8-6-5-7-9-12)14(16)15-17-10-11(2)3/h5-9,11,13H,4,10H2,1-3H3,(H,15,16). The van der Waals surface area contributed by atoms with Gasteiger partial charge >= 0.3 is 0 Å². The first-order valence-electron chi connectivity index (χ1n) is 6.11. The van der Waals surface area contributed by atoms with Gasteiger partial charge in [0.25, 0.3) is 5.91 Å². The Morgan fingerprint density at radius 1 is 1.29 bits per heavy atom. The van der Waals surface area contributed by atoms with Crippen molar-refractivity contribution in [2.75, 3.05) is 6.61 Å². The number of carbonyl (C=O) groups excluding carboxylic acids is 1. The van der Waals surface area contributed by atoms with Crippen LogP contribution in [0.1, 0.15) is 38.7 Å². The molecule has 1 unspecified atom stereocenters. The lowest BCUT2D eigenvalue weighted by Crippen LogP contribution is -2.30. The van der Waals surface area contributed by atoms with Crippen molar-refractivity contribution in [1.29, 1.82) is 0 Å². The van der Waals surface area contributed by atoms with E-state index in [2.05, 4.69) is 5.48 Å². The molecule has 0 aliphatic carbocycles. The van der Waals surface area contributed by atoms with Crippen molar-refractivity contribution in [1.82, 2.24) is 5.48 Å². The lowest BCUT2D eigenvalue weighted by molar-refractivity contribution is -0.136. The molecule has 3 nitrogen and oxygen atoms in total. The van der Waals surface area contributed by atoms with Crippen LogP contribution in [0.2, 0.25) is 0 Å². The molecule has 0 aromatic heterocycles. The second-order valence-corrected chi connectivity index (χ2v) is 4.54. The number of benzene rings is 1. The van der Waals surface area contributed by atoms with E-state index in [-0.39, 0.29) is 11.8 Å². The van der Waals surface area contributed by atoms with Crippen molar-refractivity contribution >= 4 is 5.91 Å². The van der Waals surface area contributed by atoms with E-state index >= 15 is 0 Å². The molecule has 0 fully saturated rings. The number of hydrogen-bond acceptors (Lipinski definition) is 2. The number of amides is 1. The van der Waals surface area contributed by atoms with Crippen molar-refractivity contribution in [3.8, 4) is 0 Å². The van der Waals surface area contributed by atoms with Crippen molar-refractivity contribution < 1.29 is 9.63 Å². The summed E-state index contributed by atoms with van der Waals surface area (Å²) in [4.78, 5) is 17.1. The van der Waals surface area contributed by atoms with E-state index in [1.54, 1.807) is 0 Å². The largest absolute Gasteiger partial charge is 0.273 e. The molecule has 1 aromatic rings. The van der Waals surface area contributed by atoms with Gasteiger partial charge in [-0.3, -0.25) is 9.63 Å². The molecule has 0 saturated heterocycles. The van der Waals surface area contributed by atoms with E-state index in [1.807, 2.05) is 51.1 Å². The van der Waals surface area contributed by atoms with Crippen LogP contribution >= 0.6 is 0 Å². The van der Waals surface area contributed by atoms with Crippen LogP contribution in [0.3, 0.4) is 0 Å². The average Bonchev–Trinajstić information content (AvgIpc) is 2.31. The van der Waals surface area contributed by atoms with Crippen LogP contribution < -0.4 is 5.48 Å². The van der Waals surface area contributed by atoms with Crippen LogP contribution in [0.15, 0.2) is 30.3 Å². The number of hydroxylamine groups is 1. The second kappa shape index (κ2) is 7.07. The lowest BCUT2D eigenvalue weighted by Gasteiger charge is -2.15. The number of nitrogens with one attached hydrogen (secondary N) is 1. The highest BCUT2D eigenvalue weighted by molar-refractivity contribution is 5.82. The zero-order valence-electron chi connectivity index (χ0n) is 10.8. The molecule has 1 amide bonds. The van der Waals surface area contributed by atoms with Gasteiger partial charge in [0.05, 0.1) is 12.5 Å². The highest BCUT2D eigenvalue weighted by Gasteiger charge is 2.18.